The van der Waals surface area contributed by atoms with E-state index in [1.165, 1.54) is 4.90 Å². The summed E-state index contributed by atoms with van der Waals surface area (Å²) < 4.78 is 5.67. The SMILES string of the molecule is Cc1cccc(N2C(=O)C(=O)/C(=C(/O)c3ccc(OC(C)C)cc3)C2c2ccccn2)c1C. The number of anilines is 1. The molecule has 1 aliphatic heterocycles. The molecule has 1 atom stereocenters. The zero-order valence-electron chi connectivity index (χ0n) is 19.1. The third kappa shape index (κ3) is 4.12. The molecule has 1 aliphatic rings. The molecule has 2 heterocycles. The second-order valence-electron chi connectivity index (χ2n) is 8.33. The van der Waals surface area contributed by atoms with Gasteiger partial charge in [-0.25, -0.2) is 0 Å². The molecule has 4 rings (SSSR count). The lowest BCUT2D eigenvalue weighted by molar-refractivity contribution is -0.132. The quantitative estimate of drug-likeness (QED) is 0.337. The van der Waals surface area contributed by atoms with E-state index in [2.05, 4.69) is 4.98 Å². The van der Waals surface area contributed by atoms with Crippen LogP contribution in [0.15, 0.2) is 72.4 Å². The Morgan fingerprint density at radius 1 is 1.00 bits per heavy atom. The number of nitrogens with zero attached hydrogens (tertiary/aromatic N) is 2. The van der Waals surface area contributed by atoms with E-state index < -0.39 is 17.7 Å². The van der Waals surface area contributed by atoms with E-state index in [1.54, 1.807) is 48.7 Å². The molecule has 6 heteroatoms. The number of ether oxygens (including phenoxy) is 1. The van der Waals surface area contributed by atoms with E-state index in [9.17, 15) is 14.7 Å². The van der Waals surface area contributed by atoms with Crippen molar-refractivity contribution in [2.75, 3.05) is 4.90 Å². The van der Waals surface area contributed by atoms with Gasteiger partial charge in [0.15, 0.2) is 0 Å². The smallest absolute Gasteiger partial charge is 0.300 e. The summed E-state index contributed by atoms with van der Waals surface area (Å²) in [6, 6.07) is 16.9. The molecule has 3 aromatic rings. The van der Waals surface area contributed by atoms with E-state index in [1.807, 2.05) is 45.9 Å². The Morgan fingerprint density at radius 2 is 1.73 bits per heavy atom. The maximum Gasteiger partial charge on any atom is 0.300 e. The fourth-order valence-corrected chi connectivity index (χ4v) is 4.01. The van der Waals surface area contributed by atoms with Gasteiger partial charge in [0.2, 0.25) is 0 Å². The summed E-state index contributed by atoms with van der Waals surface area (Å²) in [6.07, 6.45) is 1.62. The van der Waals surface area contributed by atoms with Crippen molar-refractivity contribution in [1.29, 1.82) is 0 Å². The van der Waals surface area contributed by atoms with Gasteiger partial charge in [0.25, 0.3) is 11.7 Å². The fourth-order valence-electron chi connectivity index (χ4n) is 4.01. The van der Waals surface area contributed by atoms with Gasteiger partial charge in [0.05, 0.1) is 17.4 Å². The number of aliphatic hydroxyl groups excluding tert-OH is 1. The highest BCUT2D eigenvalue weighted by atomic mass is 16.5. The van der Waals surface area contributed by atoms with Crippen molar-refractivity contribution in [3.05, 3.63) is 94.8 Å². The lowest BCUT2D eigenvalue weighted by atomic mass is 9.97. The zero-order chi connectivity index (χ0) is 23.7. The molecular formula is C27H26N2O4. The largest absolute Gasteiger partial charge is 0.507 e. The molecular weight excluding hydrogens is 416 g/mol. The minimum Gasteiger partial charge on any atom is -0.507 e. The first-order chi connectivity index (χ1) is 15.8. The van der Waals surface area contributed by atoms with E-state index in [0.717, 1.165) is 11.1 Å². The third-order valence-corrected chi connectivity index (χ3v) is 5.75. The van der Waals surface area contributed by atoms with Gasteiger partial charge in [0, 0.05) is 17.4 Å². The summed E-state index contributed by atoms with van der Waals surface area (Å²) in [4.78, 5) is 32.4. The molecule has 6 nitrogen and oxygen atoms in total. The molecule has 33 heavy (non-hydrogen) atoms. The second kappa shape index (κ2) is 8.90. The van der Waals surface area contributed by atoms with Crippen molar-refractivity contribution < 1.29 is 19.4 Å². The number of hydrogen-bond donors (Lipinski definition) is 1. The Labute approximate surface area is 193 Å². The fraction of sp³-hybridized carbons (Fsp3) is 0.222. The Balaban J connectivity index is 1.88. The van der Waals surface area contributed by atoms with Gasteiger partial charge < -0.3 is 9.84 Å². The molecule has 1 aromatic heterocycles. The van der Waals surface area contributed by atoms with Crippen molar-refractivity contribution in [2.24, 2.45) is 0 Å². The van der Waals surface area contributed by atoms with Crippen LogP contribution in [0.5, 0.6) is 5.75 Å². The van der Waals surface area contributed by atoms with Gasteiger partial charge in [-0.3, -0.25) is 19.5 Å². The van der Waals surface area contributed by atoms with Crippen LogP contribution in [0.3, 0.4) is 0 Å². The number of carbonyl (C=O) groups excluding carboxylic acids is 2. The summed E-state index contributed by atoms with van der Waals surface area (Å²) in [7, 11) is 0. The first kappa shape index (κ1) is 22.3. The van der Waals surface area contributed by atoms with Gasteiger partial charge in [0.1, 0.15) is 17.6 Å². The standard InChI is InChI=1S/C27H26N2O4/c1-16(2)33-20-13-11-19(12-14-20)25(30)23-24(21-9-5-6-15-28-21)29(27(32)26(23)31)22-10-7-8-17(3)18(22)4/h5-16,24,30H,1-4H3/b25-23+. The van der Waals surface area contributed by atoms with Crippen LogP contribution >= 0.6 is 0 Å². The molecule has 0 saturated carbocycles. The number of aryl methyl sites for hydroxylation is 1. The molecule has 168 valence electrons. The normalized spacial score (nSPS) is 17.6. The van der Waals surface area contributed by atoms with Crippen LogP contribution in [0, 0.1) is 13.8 Å². The second-order valence-corrected chi connectivity index (χ2v) is 8.33. The highest BCUT2D eigenvalue weighted by Gasteiger charge is 2.48. The van der Waals surface area contributed by atoms with Crippen LogP contribution in [0.25, 0.3) is 5.76 Å². The summed E-state index contributed by atoms with van der Waals surface area (Å²) >= 11 is 0. The molecule has 1 saturated heterocycles. The third-order valence-electron chi connectivity index (χ3n) is 5.75. The van der Waals surface area contributed by atoms with Gasteiger partial charge >= 0.3 is 0 Å². The number of aliphatic hydroxyl groups is 1. The number of pyridine rings is 1. The van der Waals surface area contributed by atoms with Gasteiger partial charge in [-0.05, 0) is 81.3 Å². The van der Waals surface area contributed by atoms with E-state index in [4.69, 9.17) is 4.74 Å². The Morgan fingerprint density at radius 3 is 2.36 bits per heavy atom. The molecule has 1 N–H and O–H groups in total. The predicted molar refractivity (Wildman–Crippen MR) is 127 cm³/mol. The number of rotatable bonds is 5. The minimum absolute atomic E-state index is 0.0106. The summed E-state index contributed by atoms with van der Waals surface area (Å²) in [5, 5.41) is 11.2. The van der Waals surface area contributed by atoms with Gasteiger partial charge in [-0.1, -0.05) is 18.2 Å². The Kier molecular flexibility index (Phi) is 6.01. The lowest BCUT2D eigenvalue weighted by Gasteiger charge is -2.26. The molecule has 0 radical (unpaired) electrons. The van der Waals surface area contributed by atoms with E-state index >= 15 is 0 Å². The van der Waals surface area contributed by atoms with Gasteiger partial charge in [-0.2, -0.15) is 0 Å². The van der Waals surface area contributed by atoms with Crippen molar-refractivity contribution in [3.8, 4) is 5.75 Å². The summed E-state index contributed by atoms with van der Waals surface area (Å²) in [5.41, 5.74) is 3.43. The molecule has 1 amide bonds. The molecule has 0 aliphatic carbocycles. The van der Waals surface area contributed by atoms with Crippen molar-refractivity contribution in [2.45, 2.75) is 39.8 Å². The van der Waals surface area contributed by atoms with Crippen molar-refractivity contribution >= 4 is 23.1 Å². The molecule has 0 bridgehead atoms. The summed E-state index contributed by atoms with van der Waals surface area (Å²) in [6.45, 7) is 7.71. The van der Waals surface area contributed by atoms with E-state index in [0.29, 0.717) is 22.7 Å². The van der Waals surface area contributed by atoms with Crippen LogP contribution < -0.4 is 9.64 Å². The number of carbonyl (C=O) groups is 2. The molecule has 0 spiro atoms. The average molecular weight is 443 g/mol. The molecule has 1 fully saturated rings. The minimum atomic E-state index is -0.849. The number of hydrogen-bond acceptors (Lipinski definition) is 5. The maximum absolute atomic E-state index is 13.3. The van der Waals surface area contributed by atoms with Crippen LogP contribution in [-0.2, 0) is 9.59 Å². The highest BCUT2D eigenvalue weighted by molar-refractivity contribution is 6.51. The van der Waals surface area contributed by atoms with E-state index in [-0.39, 0.29) is 17.4 Å². The van der Waals surface area contributed by atoms with Crippen LogP contribution in [0.4, 0.5) is 5.69 Å². The van der Waals surface area contributed by atoms with Gasteiger partial charge in [-0.15, -0.1) is 0 Å². The van der Waals surface area contributed by atoms with Crippen LogP contribution in [0.2, 0.25) is 0 Å². The Hall–Kier alpha value is -3.93. The number of aromatic nitrogens is 1. The topological polar surface area (TPSA) is 79.7 Å². The Bertz CT molecular complexity index is 1230. The predicted octanol–water partition coefficient (Wildman–Crippen LogP) is 5.11. The zero-order valence-corrected chi connectivity index (χ0v) is 19.1. The average Bonchev–Trinajstić information content (AvgIpc) is 3.06. The molecule has 2 aromatic carbocycles. The first-order valence-electron chi connectivity index (χ1n) is 10.8. The maximum atomic E-state index is 13.3. The first-order valence-corrected chi connectivity index (χ1v) is 10.8. The van der Waals surface area contributed by atoms with Crippen LogP contribution in [0.1, 0.15) is 42.3 Å². The number of amides is 1. The number of Topliss-reactive ketones (excluding diaryl/α,β-unsaturated/α-hetero) is 1. The van der Waals surface area contributed by atoms with Crippen molar-refractivity contribution in [3.63, 3.8) is 0 Å². The lowest BCUT2D eigenvalue weighted by Crippen LogP contribution is -2.30. The summed E-state index contributed by atoms with van der Waals surface area (Å²) in [5.74, 6) is -1.03. The monoisotopic (exact) mass is 442 g/mol. The molecule has 1 unspecified atom stereocenters. The van der Waals surface area contributed by atoms with Crippen LogP contribution in [-0.4, -0.2) is 27.9 Å². The van der Waals surface area contributed by atoms with Crippen molar-refractivity contribution in [1.82, 2.24) is 4.98 Å². The highest BCUT2D eigenvalue weighted by Crippen LogP contribution is 2.42. The number of ketones is 1. The number of benzene rings is 2.